The van der Waals surface area contributed by atoms with Crippen LogP contribution in [0.4, 0.5) is 0 Å². The fourth-order valence-electron chi connectivity index (χ4n) is 1.44. The van der Waals surface area contributed by atoms with Gasteiger partial charge in [-0.25, -0.2) is 13.1 Å². The Morgan fingerprint density at radius 3 is 2.47 bits per heavy atom. The van der Waals surface area contributed by atoms with Gasteiger partial charge in [0.15, 0.2) is 0 Å². The van der Waals surface area contributed by atoms with Crippen LogP contribution in [0.2, 0.25) is 5.02 Å². The molecule has 1 unspecified atom stereocenters. The van der Waals surface area contributed by atoms with Gasteiger partial charge in [0.1, 0.15) is 4.90 Å². The van der Waals surface area contributed by atoms with E-state index in [1.807, 2.05) is 6.92 Å². The number of nitrogens with one attached hydrogen (secondary N) is 1. The molecule has 3 N–H and O–H groups in total. The van der Waals surface area contributed by atoms with Gasteiger partial charge in [-0.05, 0) is 29.5 Å². The highest BCUT2D eigenvalue weighted by atomic mass is 35.5. The molecule has 1 atom stereocenters. The van der Waals surface area contributed by atoms with E-state index < -0.39 is 10.0 Å². The summed E-state index contributed by atoms with van der Waals surface area (Å²) in [4.78, 5) is 0.0908. The number of halogens is 1. The summed E-state index contributed by atoms with van der Waals surface area (Å²) in [6, 6.07) is 4.80. The predicted octanol–water partition coefficient (Wildman–Crippen LogP) is 2.37. The highest BCUT2D eigenvalue weighted by Gasteiger charge is 2.19. The Balaban J connectivity index is 2.94. The normalized spacial score (nSPS) is 13.8. The molecule has 0 bridgehead atoms. The van der Waals surface area contributed by atoms with Gasteiger partial charge in [0.2, 0.25) is 10.0 Å². The maximum atomic E-state index is 12.2. The minimum absolute atomic E-state index is 0.0908. The molecule has 0 heterocycles. The third-order valence-corrected chi connectivity index (χ3v) is 5.16. The summed E-state index contributed by atoms with van der Waals surface area (Å²) in [6.07, 6.45) is 0. The summed E-state index contributed by atoms with van der Waals surface area (Å²) in [5, 5.41) is 0.210. The fourth-order valence-corrected chi connectivity index (χ4v) is 3.13. The molecular weight excluding hydrogens is 284 g/mol. The van der Waals surface area contributed by atoms with Crippen molar-refractivity contribution in [1.29, 1.82) is 0 Å². The van der Waals surface area contributed by atoms with Crippen LogP contribution in [0.1, 0.15) is 26.3 Å². The Kier molecular flexibility index (Phi) is 5.80. The SMILES string of the molecule is CC(C)C(C)CNS(=O)(=O)c1cc(CN)ccc1Cl. The highest BCUT2D eigenvalue weighted by Crippen LogP contribution is 2.22. The molecule has 0 aliphatic carbocycles. The zero-order chi connectivity index (χ0) is 14.6. The van der Waals surface area contributed by atoms with E-state index in [0.717, 1.165) is 5.56 Å². The largest absolute Gasteiger partial charge is 0.326 e. The molecule has 0 saturated heterocycles. The Morgan fingerprint density at radius 1 is 1.32 bits per heavy atom. The molecular formula is C13H21ClN2O2S. The first-order valence-electron chi connectivity index (χ1n) is 6.26. The lowest BCUT2D eigenvalue weighted by atomic mass is 9.99. The predicted molar refractivity (Wildman–Crippen MR) is 78.5 cm³/mol. The monoisotopic (exact) mass is 304 g/mol. The van der Waals surface area contributed by atoms with E-state index in [0.29, 0.717) is 12.5 Å². The molecule has 0 aromatic heterocycles. The number of benzene rings is 1. The molecule has 0 aliphatic heterocycles. The number of sulfonamides is 1. The third kappa shape index (κ3) is 4.45. The van der Waals surface area contributed by atoms with Crippen molar-refractivity contribution < 1.29 is 8.42 Å². The van der Waals surface area contributed by atoms with Crippen molar-refractivity contribution in [1.82, 2.24) is 4.72 Å². The second-order valence-corrected chi connectivity index (χ2v) is 7.18. The molecule has 108 valence electrons. The first kappa shape index (κ1) is 16.4. The van der Waals surface area contributed by atoms with Crippen LogP contribution >= 0.6 is 11.6 Å². The Hall–Kier alpha value is -0.620. The standard InChI is InChI=1S/C13H21ClN2O2S/c1-9(2)10(3)8-16-19(17,18)13-6-11(7-15)4-5-12(13)14/h4-6,9-10,16H,7-8,15H2,1-3H3. The molecule has 1 aromatic rings. The van der Waals surface area contributed by atoms with Gasteiger partial charge in [0.05, 0.1) is 5.02 Å². The number of hydrogen-bond acceptors (Lipinski definition) is 3. The van der Waals surface area contributed by atoms with Crippen molar-refractivity contribution in [2.24, 2.45) is 17.6 Å². The van der Waals surface area contributed by atoms with Crippen LogP contribution in [0, 0.1) is 11.8 Å². The van der Waals surface area contributed by atoms with Gasteiger partial charge in [0, 0.05) is 13.1 Å². The van der Waals surface area contributed by atoms with Crippen molar-refractivity contribution in [2.75, 3.05) is 6.54 Å². The molecule has 1 rings (SSSR count). The van der Waals surface area contributed by atoms with E-state index in [4.69, 9.17) is 17.3 Å². The van der Waals surface area contributed by atoms with Crippen LogP contribution in [0.3, 0.4) is 0 Å². The smallest absolute Gasteiger partial charge is 0.242 e. The van der Waals surface area contributed by atoms with E-state index in [-0.39, 0.29) is 22.4 Å². The van der Waals surface area contributed by atoms with Crippen LogP contribution in [0.5, 0.6) is 0 Å². The number of rotatable bonds is 6. The molecule has 0 fully saturated rings. The Labute approximate surface area is 120 Å². The maximum Gasteiger partial charge on any atom is 0.242 e. The molecule has 0 saturated carbocycles. The summed E-state index contributed by atoms with van der Waals surface area (Å²) in [5.41, 5.74) is 6.25. The van der Waals surface area contributed by atoms with Gasteiger partial charge in [-0.15, -0.1) is 0 Å². The summed E-state index contributed by atoms with van der Waals surface area (Å²) in [5.74, 6) is 0.666. The van der Waals surface area contributed by atoms with Crippen LogP contribution in [0.15, 0.2) is 23.1 Å². The molecule has 1 aromatic carbocycles. The second-order valence-electron chi connectivity index (χ2n) is 5.04. The molecule has 0 spiro atoms. The molecule has 6 heteroatoms. The lowest BCUT2D eigenvalue weighted by Gasteiger charge is -2.16. The Bertz CT molecular complexity index is 529. The van der Waals surface area contributed by atoms with E-state index in [1.54, 1.807) is 12.1 Å². The van der Waals surface area contributed by atoms with Crippen LogP contribution in [-0.2, 0) is 16.6 Å². The van der Waals surface area contributed by atoms with Gasteiger partial charge >= 0.3 is 0 Å². The fraction of sp³-hybridized carbons (Fsp3) is 0.538. The first-order valence-corrected chi connectivity index (χ1v) is 8.12. The van der Waals surface area contributed by atoms with E-state index >= 15 is 0 Å². The third-order valence-electron chi connectivity index (χ3n) is 3.25. The quantitative estimate of drug-likeness (QED) is 0.847. The van der Waals surface area contributed by atoms with Gasteiger partial charge in [0.25, 0.3) is 0 Å². The number of hydrogen-bond donors (Lipinski definition) is 2. The minimum Gasteiger partial charge on any atom is -0.326 e. The summed E-state index contributed by atoms with van der Waals surface area (Å²) >= 11 is 5.96. The molecule has 19 heavy (non-hydrogen) atoms. The molecule has 0 radical (unpaired) electrons. The average Bonchev–Trinajstić information content (AvgIpc) is 2.36. The van der Waals surface area contributed by atoms with Gasteiger partial charge in [-0.2, -0.15) is 0 Å². The van der Waals surface area contributed by atoms with Crippen molar-refractivity contribution in [2.45, 2.75) is 32.2 Å². The summed E-state index contributed by atoms with van der Waals surface area (Å²) in [7, 11) is -3.59. The first-order chi connectivity index (χ1) is 8.77. The second kappa shape index (κ2) is 6.70. The van der Waals surface area contributed by atoms with Crippen molar-refractivity contribution >= 4 is 21.6 Å². The minimum atomic E-state index is -3.59. The lowest BCUT2D eigenvalue weighted by molar-refractivity contribution is 0.414. The van der Waals surface area contributed by atoms with Gasteiger partial charge in [-0.1, -0.05) is 38.4 Å². The van der Waals surface area contributed by atoms with Crippen LogP contribution < -0.4 is 10.5 Å². The average molecular weight is 305 g/mol. The van der Waals surface area contributed by atoms with E-state index in [2.05, 4.69) is 18.6 Å². The van der Waals surface area contributed by atoms with Crippen LogP contribution in [0.25, 0.3) is 0 Å². The molecule has 0 aliphatic rings. The summed E-state index contributed by atoms with van der Waals surface area (Å²) in [6.45, 7) is 6.79. The molecule has 4 nitrogen and oxygen atoms in total. The highest BCUT2D eigenvalue weighted by molar-refractivity contribution is 7.89. The van der Waals surface area contributed by atoms with E-state index in [1.165, 1.54) is 6.07 Å². The zero-order valence-electron chi connectivity index (χ0n) is 11.5. The van der Waals surface area contributed by atoms with Gasteiger partial charge < -0.3 is 5.73 Å². The lowest BCUT2D eigenvalue weighted by Crippen LogP contribution is -2.30. The van der Waals surface area contributed by atoms with Crippen molar-refractivity contribution in [3.05, 3.63) is 28.8 Å². The Morgan fingerprint density at radius 2 is 1.95 bits per heavy atom. The number of nitrogens with two attached hydrogens (primary N) is 1. The van der Waals surface area contributed by atoms with E-state index in [9.17, 15) is 8.42 Å². The van der Waals surface area contributed by atoms with Crippen molar-refractivity contribution in [3.8, 4) is 0 Å². The van der Waals surface area contributed by atoms with Gasteiger partial charge in [-0.3, -0.25) is 0 Å². The summed E-state index contributed by atoms with van der Waals surface area (Å²) < 4.78 is 27.0. The topological polar surface area (TPSA) is 72.2 Å². The maximum absolute atomic E-state index is 12.2. The van der Waals surface area contributed by atoms with Crippen molar-refractivity contribution in [3.63, 3.8) is 0 Å². The van der Waals surface area contributed by atoms with Crippen LogP contribution in [-0.4, -0.2) is 15.0 Å². The zero-order valence-corrected chi connectivity index (χ0v) is 13.1. The molecule has 0 amide bonds.